The highest BCUT2D eigenvalue weighted by atomic mass is 16.5. The first kappa shape index (κ1) is 22.4. The van der Waals surface area contributed by atoms with Crippen molar-refractivity contribution in [2.24, 2.45) is 4.99 Å². The van der Waals surface area contributed by atoms with Crippen molar-refractivity contribution < 1.29 is 9.53 Å². The van der Waals surface area contributed by atoms with E-state index in [2.05, 4.69) is 66.0 Å². The molecule has 156 valence electrons. The van der Waals surface area contributed by atoms with Crippen LogP contribution in [0.5, 0.6) is 0 Å². The van der Waals surface area contributed by atoms with E-state index in [1.165, 1.54) is 0 Å². The Labute approximate surface area is 166 Å². The molecular formula is C22H41N3O2. The van der Waals surface area contributed by atoms with Crippen molar-refractivity contribution >= 4 is 11.7 Å². The van der Waals surface area contributed by atoms with E-state index in [1.807, 2.05) is 6.92 Å². The van der Waals surface area contributed by atoms with E-state index in [1.54, 1.807) is 0 Å². The van der Waals surface area contributed by atoms with Crippen LogP contribution in [-0.4, -0.2) is 46.0 Å². The number of esters is 1. The Hall–Kier alpha value is -0.940. The normalized spacial score (nSPS) is 28.0. The summed E-state index contributed by atoms with van der Waals surface area (Å²) < 4.78 is 5.83. The molecule has 0 atom stereocenters. The summed E-state index contributed by atoms with van der Waals surface area (Å²) in [6.07, 6.45) is 3.91. The monoisotopic (exact) mass is 379 g/mol. The first-order valence-electron chi connectivity index (χ1n) is 10.4. The zero-order chi connectivity index (χ0) is 20.7. The number of nitrogens with zero attached hydrogens (tertiary/aromatic N) is 1. The summed E-state index contributed by atoms with van der Waals surface area (Å²) in [6.45, 7) is 19.5. The average molecular weight is 380 g/mol. The maximum Gasteiger partial charge on any atom is 0.311 e. The van der Waals surface area contributed by atoms with Crippen molar-refractivity contribution in [1.82, 2.24) is 10.6 Å². The van der Waals surface area contributed by atoms with E-state index >= 15 is 0 Å². The molecule has 0 aromatic heterocycles. The number of hydrogen-bond acceptors (Lipinski definition) is 5. The lowest BCUT2D eigenvalue weighted by Gasteiger charge is -2.46. The molecule has 0 saturated carbocycles. The van der Waals surface area contributed by atoms with Gasteiger partial charge >= 0.3 is 5.97 Å². The molecule has 2 heterocycles. The second-order valence-corrected chi connectivity index (χ2v) is 11.4. The molecular weight excluding hydrogens is 338 g/mol. The number of hydrogen-bond donors (Lipinski definition) is 2. The predicted molar refractivity (Wildman–Crippen MR) is 112 cm³/mol. The third-order valence-corrected chi connectivity index (χ3v) is 5.42. The van der Waals surface area contributed by atoms with Gasteiger partial charge < -0.3 is 15.4 Å². The van der Waals surface area contributed by atoms with Crippen LogP contribution in [0.2, 0.25) is 0 Å². The van der Waals surface area contributed by atoms with Crippen LogP contribution in [-0.2, 0) is 9.53 Å². The van der Waals surface area contributed by atoms with Gasteiger partial charge in [0.2, 0.25) is 0 Å². The van der Waals surface area contributed by atoms with Crippen LogP contribution in [0.4, 0.5) is 0 Å². The standard InChI is InChI=1S/C22H41N3O2/c1-15(23-16-11-19(2,3)24-20(4,5)12-16)10-18(26)27-17-13-21(6,7)25-22(8,9)14-17/h16-17,24-25H,10-14H2,1-9H3. The summed E-state index contributed by atoms with van der Waals surface area (Å²) in [6, 6.07) is 0.251. The number of carbonyl (C=O) groups excluding carboxylic acids is 1. The number of ether oxygens (including phenoxy) is 1. The lowest BCUT2D eigenvalue weighted by molar-refractivity contribution is -0.151. The fourth-order valence-electron chi connectivity index (χ4n) is 5.47. The molecule has 5 heteroatoms. The number of carbonyl (C=O) groups is 1. The fourth-order valence-corrected chi connectivity index (χ4v) is 5.47. The smallest absolute Gasteiger partial charge is 0.311 e. The molecule has 0 unspecified atom stereocenters. The predicted octanol–water partition coefficient (Wildman–Crippen LogP) is 4.00. The molecule has 0 radical (unpaired) electrons. The minimum atomic E-state index is -0.151. The number of piperidine rings is 2. The van der Waals surface area contributed by atoms with E-state index in [0.717, 1.165) is 31.4 Å². The van der Waals surface area contributed by atoms with Gasteiger partial charge in [0.25, 0.3) is 0 Å². The minimum Gasteiger partial charge on any atom is -0.462 e. The van der Waals surface area contributed by atoms with Crippen LogP contribution in [0.3, 0.4) is 0 Å². The van der Waals surface area contributed by atoms with Gasteiger partial charge in [0.05, 0.1) is 12.5 Å². The summed E-state index contributed by atoms with van der Waals surface area (Å²) in [5, 5.41) is 7.30. The van der Waals surface area contributed by atoms with Crippen molar-refractivity contribution in [1.29, 1.82) is 0 Å². The Kier molecular flexibility index (Phi) is 6.19. The SMILES string of the molecule is CC(CC(=O)OC1CC(C)(C)NC(C)(C)C1)=NC1CC(C)(C)NC(C)(C)C1. The molecule has 2 N–H and O–H groups in total. The quantitative estimate of drug-likeness (QED) is 0.572. The van der Waals surface area contributed by atoms with Gasteiger partial charge in [-0.2, -0.15) is 0 Å². The molecule has 0 aromatic carbocycles. The zero-order valence-corrected chi connectivity index (χ0v) is 19.0. The lowest BCUT2D eigenvalue weighted by atomic mass is 9.80. The Morgan fingerprint density at radius 2 is 1.26 bits per heavy atom. The van der Waals surface area contributed by atoms with Gasteiger partial charge in [-0.25, -0.2) is 0 Å². The molecule has 27 heavy (non-hydrogen) atoms. The van der Waals surface area contributed by atoms with Crippen molar-refractivity contribution in [3.05, 3.63) is 0 Å². The second kappa shape index (κ2) is 7.47. The molecule has 2 aliphatic heterocycles. The van der Waals surface area contributed by atoms with Crippen LogP contribution in [0, 0.1) is 0 Å². The summed E-state index contributed by atoms with van der Waals surface area (Å²) in [5.74, 6) is -0.151. The molecule has 5 nitrogen and oxygen atoms in total. The highest BCUT2D eigenvalue weighted by Gasteiger charge is 2.40. The molecule has 0 spiro atoms. The molecule has 2 rings (SSSR count). The first-order valence-corrected chi connectivity index (χ1v) is 10.4. The topological polar surface area (TPSA) is 62.7 Å². The molecule has 0 aromatic rings. The Morgan fingerprint density at radius 3 is 1.70 bits per heavy atom. The molecule has 0 amide bonds. The first-order chi connectivity index (χ1) is 12.1. The van der Waals surface area contributed by atoms with Gasteiger partial charge in [-0.1, -0.05) is 0 Å². The van der Waals surface area contributed by atoms with Crippen molar-refractivity contribution in [2.45, 2.75) is 129 Å². The van der Waals surface area contributed by atoms with Gasteiger partial charge in [0.1, 0.15) is 6.10 Å². The maximum atomic E-state index is 12.5. The van der Waals surface area contributed by atoms with Crippen LogP contribution in [0.1, 0.15) is 94.4 Å². The Bertz CT molecular complexity index is 558. The average Bonchev–Trinajstić information content (AvgIpc) is 2.28. The molecule has 0 bridgehead atoms. The summed E-state index contributed by atoms with van der Waals surface area (Å²) in [5.41, 5.74) is 0.946. The second-order valence-electron chi connectivity index (χ2n) is 11.4. The van der Waals surface area contributed by atoms with E-state index in [4.69, 9.17) is 9.73 Å². The van der Waals surface area contributed by atoms with Gasteiger partial charge in [0, 0.05) is 40.7 Å². The molecule has 2 aliphatic rings. The van der Waals surface area contributed by atoms with Crippen LogP contribution >= 0.6 is 0 Å². The van der Waals surface area contributed by atoms with E-state index in [9.17, 15) is 4.79 Å². The fraction of sp³-hybridized carbons (Fsp3) is 0.909. The molecule has 2 saturated heterocycles. The lowest BCUT2D eigenvalue weighted by Crippen LogP contribution is -2.59. The highest BCUT2D eigenvalue weighted by Crippen LogP contribution is 2.32. The van der Waals surface area contributed by atoms with Gasteiger partial charge in [0.15, 0.2) is 0 Å². The van der Waals surface area contributed by atoms with E-state index < -0.39 is 0 Å². The Balaban J connectivity index is 1.94. The van der Waals surface area contributed by atoms with E-state index in [0.29, 0.717) is 0 Å². The van der Waals surface area contributed by atoms with Gasteiger partial charge in [-0.15, -0.1) is 0 Å². The zero-order valence-electron chi connectivity index (χ0n) is 19.0. The number of rotatable bonds is 4. The van der Waals surface area contributed by atoms with Crippen LogP contribution in [0.15, 0.2) is 4.99 Å². The number of nitrogens with one attached hydrogen (secondary N) is 2. The summed E-state index contributed by atoms with van der Waals surface area (Å²) in [7, 11) is 0. The number of aliphatic imine (C=N–C) groups is 1. The maximum absolute atomic E-state index is 12.5. The largest absolute Gasteiger partial charge is 0.462 e. The third kappa shape index (κ3) is 7.19. The molecule has 0 aliphatic carbocycles. The van der Waals surface area contributed by atoms with Crippen molar-refractivity contribution in [3.63, 3.8) is 0 Å². The third-order valence-electron chi connectivity index (χ3n) is 5.42. The van der Waals surface area contributed by atoms with Crippen molar-refractivity contribution in [3.8, 4) is 0 Å². The Morgan fingerprint density at radius 1 is 0.852 bits per heavy atom. The highest BCUT2D eigenvalue weighted by molar-refractivity contribution is 5.97. The van der Waals surface area contributed by atoms with E-state index in [-0.39, 0.29) is 46.7 Å². The van der Waals surface area contributed by atoms with Gasteiger partial charge in [-0.05, 0) is 75.2 Å². The van der Waals surface area contributed by atoms with Crippen molar-refractivity contribution in [2.75, 3.05) is 0 Å². The van der Waals surface area contributed by atoms with Gasteiger partial charge in [-0.3, -0.25) is 9.79 Å². The summed E-state index contributed by atoms with van der Waals surface area (Å²) >= 11 is 0. The minimum absolute atomic E-state index is 0.0257. The molecule has 2 fully saturated rings. The van der Waals surface area contributed by atoms with Crippen LogP contribution < -0.4 is 10.6 Å². The van der Waals surface area contributed by atoms with Crippen LogP contribution in [0.25, 0.3) is 0 Å². The summed E-state index contributed by atoms with van der Waals surface area (Å²) in [4.78, 5) is 17.4.